The molecule has 1 aromatic carbocycles. The molecule has 2 aromatic rings. The van der Waals surface area contributed by atoms with Crippen molar-refractivity contribution in [1.82, 2.24) is 9.88 Å². The number of benzene rings is 1. The Bertz CT molecular complexity index is 808. The summed E-state index contributed by atoms with van der Waals surface area (Å²) in [5, 5.41) is 9.82. The summed E-state index contributed by atoms with van der Waals surface area (Å²) in [5.74, 6) is -0.382. The molecule has 4 nitrogen and oxygen atoms in total. The number of nitrogens with zero attached hydrogens (tertiary/aromatic N) is 2. The van der Waals surface area contributed by atoms with E-state index in [0.29, 0.717) is 25.9 Å². The van der Waals surface area contributed by atoms with Gasteiger partial charge in [-0.05, 0) is 55.4 Å². The Morgan fingerprint density at radius 2 is 2.00 bits per heavy atom. The van der Waals surface area contributed by atoms with Crippen LogP contribution in [-0.2, 0) is 12.6 Å². The van der Waals surface area contributed by atoms with E-state index in [4.69, 9.17) is 0 Å². The number of rotatable bonds is 4. The summed E-state index contributed by atoms with van der Waals surface area (Å²) in [5.41, 5.74) is -0.288. The smallest absolute Gasteiger partial charge is 0.416 e. The number of aromatic nitrogens is 1. The van der Waals surface area contributed by atoms with Crippen LogP contribution in [0.1, 0.15) is 40.9 Å². The minimum absolute atomic E-state index is 0.0144. The maximum atomic E-state index is 13.1. The van der Waals surface area contributed by atoms with Crippen LogP contribution in [0.25, 0.3) is 0 Å². The van der Waals surface area contributed by atoms with E-state index in [9.17, 15) is 23.1 Å². The normalized spacial score (nSPS) is 17.7. The Morgan fingerprint density at radius 1 is 1.22 bits per heavy atom. The molecule has 1 aromatic heterocycles. The molecule has 7 heteroatoms. The van der Waals surface area contributed by atoms with Crippen LogP contribution in [-0.4, -0.2) is 34.0 Å². The lowest BCUT2D eigenvalue weighted by atomic mass is 9.90. The maximum Gasteiger partial charge on any atom is 0.416 e. The third kappa shape index (κ3) is 4.59. The van der Waals surface area contributed by atoms with Crippen LogP contribution in [0.4, 0.5) is 13.2 Å². The molecule has 0 aliphatic carbocycles. The molecule has 1 unspecified atom stereocenters. The van der Waals surface area contributed by atoms with Crippen LogP contribution in [0.15, 0.2) is 42.6 Å². The van der Waals surface area contributed by atoms with Gasteiger partial charge in [0, 0.05) is 19.3 Å². The molecule has 0 radical (unpaired) electrons. The quantitative estimate of drug-likeness (QED) is 0.864. The first-order valence-corrected chi connectivity index (χ1v) is 8.94. The zero-order valence-corrected chi connectivity index (χ0v) is 14.7. The number of amides is 1. The number of piperidine rings is 1. The highest BCUT2D eigenvalue weighted by Crippen LogP contribution is 2.33. The molecule has 1 amide bonds. The van der Waals surface area contributed by atoms with Gasteiger partial charge in [0.25, 0.3) is 5.91 Å². The molecule has 1 saturated heterocycles. The summed E-state index contributed by atoms with van der Waals surface area (Å²) in [6.45, 7) is 1.02. The van der Waals surface area contributed by atoms with Gasteiger partial charge in [-0.3, -0.25) is 4.79 Å². The van der Waals surface area contributed by atoms with Gasteiger partial charge in [0.05, 0.1) is 5.56 Å². The third-order valence-corrected chi connectivity index (χ3v) is 4.94. The summed E-state index contributed by atoms with van der Waals surface area (Å²) < 4.78 is 39.4. The van der Waals surface area contributed by atoms with Gasteiger partial charge >= 0.3 is 6.18 Å². The number of halogens is 3. The summed E-state index contributed by atoms with van der Waals surface area (Å²) in [7, 11) is 0. The first kappa shape index (κ1) is 19.2. The lowest BCUT2D eigenvalue weighted by molar-refractivity contribution is -0.138. The highest BCUT2D eigenvalue weighted by Gasteiger charge is 2.33. The first-order valence-electron chi connectivity index (χ1n) is 8.94. The van der Waals surface area contributed by atoms with E-state index >= 15 is 0 Å². The summed E-state index contributed by atoms with van der Waals surface area (Å²) in [4.78, 5) is 18.2. The minimum Gasteiger partial charge on any atom is -0.505 e. The Hall–Kier alpha value is -2.57. The van der Waals surface area contributed by atoms with Crippen LogP contribution < -0.4 is 0 Å². The van der Waals surface area contributed by atoms with Crippen LogP contribution >= 0.6 is 0 Å². The molecule has 1 aliphatic rings. The average molecular weight is 378 g/mol. The molecule has 0 bridgehead atoms. The zero-order chi connectivity index (χ0) is 19.4. The van der Waals surface area contributed by atoms with E-state index < -0.39 is 11.7 Å². The van der Waals surface area contributed by atoms with Gasteiger partial charge in [-0.2, -0.15) is 13.2 Å². The highest BCUT2D eigenvalue weighted by molar-refractivity contribution is 5.94. The predicted octanol–water partition coefficient (Wildman–Crippen LogP) is 4.29. The molecule has 1 N–H and O–H groups in total. The van der Waals surface area contributed by atoms with Crippen molar-refractivity contribution in [2.24, 2.45) is 5.92 Å². The number of pyridine rings is 1. The van der Waals surface area contributed by atoms with Crippen LogP contribution in [0.2, 0.25) is 0 Å². The molecule has 0 saturated carbocycles. The van der Waals surface area contributed by atoms with Gasteiger partial charge < -0.3 is 10.0 Å². The molecule has 1 aliphatic heterocycles. The molecule has 1 atom stereocenters. The lowest BCUT2D eigenvalue weighted by Gasteiger charge is -2.33. The van der Waals surface area contributed by atoms with Crippen molar-refractivity contribution in [2.45, 2.75) is 31.9 Å². The predicted molar refractivity (Wildman–Crippen MR) is 94.3 cm³/mol. The van der Waals surface area contributed by atoms with Crippen molar-refractivity contribution in [3.8, 4) is 5.75 Å². The molecular weight excluding hydrogens is 357 g/mol. The number of carbonyl (C=O) groups is 1. The monoisotopic (exact) mass is 378 g/mol. The van der Waals surface area contributed by atoms with E-state index in [0.717, 1.165) is 18.9 Å². The molecule has 3 rings (SSSR count). The van der Waals surface area contributed by atoms with Gasteiger partial charge in [0.2, 0.25) is 0 Å². The Labute approximate surface area is 155 Å². The van der Waals surface area contributed by atoms with Gasteiger partial charge in [-0.15, -0.1) is 0 Å². The third-order valence-electron chi connectivity index (χ3n) is 4.94. The Balaban J connectivity index is 1.65. The van der Waals surface area contributed by atoms with Crippen LogP contribution in [0.3, 0.4) is 0 Å². The van der Waals surface area contributed by atoms with Crippen molar-refractivity contribution >= 4 is 5.91 Å². The molecule has 27 heavy (non-hydrogen) atoms. The zero-order valence-electron chi connectivity index (χ0n) is 14.7. The van der Waals surface area contributed by atoms with E-state index in [1.807, 2.05) is 0 Å². The fraction of sp³-hybridized carbons (Fsp3) is 0.400. The van der Waals surface area contributed by atoms with Crippen LogP contribution in [0.5, 0.6) is 5.75 Å². The number of alkyl halides is 3. The van der Waals surface area contributed by atoms with Gasteiger partial charge in [-0.25, -0.2) is 4.98 Å². The number of aromatic hydroxyl groups is 1. The maximum absolute atomic E-state index is 13.1. The van der Waals surface area contributed by atoms with Crippen molar-refractivity contribution in [2.75, 3.05) is 13.1 Å². The molecule has 144 valence electrons. The molecule has 2 heterocycles. The van der Waals surface area contributed by atoms with E-state index in [1.54, 1.807) is 17.0 Å². The van der Waals surface area contributed by atoms with Crippen molar-refractivity contribution in [3.05, 3.63) is 59.4 Å². The second-order valence-corrected chi connectivity index (χ2v) is 6.82. The van der Waals surface area contributed by atoms with Gasteiger partial charge in [0.15, 0.2) is 5.69 Å². The fourth-order valence-electron chi connectivity index (χ4n) is 3.57. The molecule has 0 spiro atoms. The van der Waals surface area contributed by atoms with Gasteiger partial charge in [0.1, 0.15) is 5.75 Å². The fourth-order valence-corrected chi connectivity index (χ4v) is 3.57. The lowest BCUT2D eigenvalue weighted by Crippen LogP contribution is -2.40. The average Bonchev–Trinajstić information content (AvgIpc) is 2.66. The second-order valence-electron chi connectivity index (χ2n) is 6.82. The van der Waals surface area contributed by atoms with Crippen molar-refractivity contribution in [3.63, 3.8) is 0 Å². The topological polar surface area (TPSA) is 53.4 Å². The minimum atomic E-state index is -4.36. The standard InChI is InChI=1S/C20H21F3N2O2/c21-20(22,23)16-7-2-1-6-15(16)10-9-14-5-4-12-25(13-14)19(27)18-17(26)8-3-11-24-18/h1-3,6-8,11,14,26H,4-5,9-10,12-13H2. The number of carbonyl (C=O) groups excluding carboxylic acids is 1. The Kier molecular flexibility index (Phi) is 5.68. The van der Waals surface area contributed by atoms with Gasteiger partial charge in [-0.1, -0.05) is 18.2 Å². The summed E-state index contributed by atoms with van der Waals surface area (Å²) in [6, 6.07) is 8.59. The van der Waals surface area contributed by atoms with E-state index in [1.165, 1.54) is 24.4 Å². The van der Waals surface area contributed by atoms with E-state index in [2.05, 4.69) is 4.98 Å². The number of hydrogen-bond acceptors (Lipinski definition) is 3. The Morgan fingerprint density at radius 3 is 2.74 bits per heavy atom. The molecular formula is C20H21F3N2O2. The van der Waals surface area contributed by atoms with Crippen molar-refractivity contribution in [1.29, 1.82) is 0 Å². The van der Waals surface area contributed by atoms with E-state index in [-0.39, 0.29) is 28.8 Å². The molecule has 1 fully saturated rings. The summed E-state index contributed by atoms with van der Waals surface area (Å²) >= 11 is 0. The largest absolute Gasteiger partial charge is 0.505 e. The van der Waals surface area contributed by atoms with Crippen molar-refractivity contribution < 1.29 is 23.1 Å². The number of likely N-dealkylation sites (tertiary alicyclic amines) is 1. The van der Waals surface area contributed by atoms with Crippen LogP contribution in [0, 0.1) is 5.92 Å². The summed E-state index contributed by atoms with van der Waals surface area (Å²) in [6.07, 6.45) is -0.372. The number of aryl methyl sites for hydroxylation is 1. The SMILES string of the molecule is O=C(c1ncccc1O)N1CCCC(CCc2ccccc2C(F)(F)F)C1. The first-order chi connectivity index (χ1) is 12.9. The number of hydrogen-bond donors (Lipinski definition) is 1. The second kappa shape index (κ2) is 7.98. The highest BCUT2D eigenvalue weighted by atomic mass is 19.4.